The van der Waals surface area contributed by atoms with Crippen molar-refractivity contribution in [2.45, 2.75) is 399 Å². The van der Waals surface area contributed by atoms with E-state index >= 15 is 0 Å². The van der Waals surface area contributed by atoms with Crippen LogP contribution in [0.2, 0.25) is 0 Å². The molecule has 81 heavy (non-hydrogen) atoms. The topological polar surface area (TPSA) is 78.9 Å². The molecule has 0 fully saturated rings. The lowest BCUT2D eigenvalue weighted by molar-refractivity contribution is -0.167. The Labute approximate surface area is 505 Å². The molecular formula is C75H138O6. The predicted molar refractivity (Wildman–Crippen MR) is 353 cm³/mol. The van der Waals surface area contributed by atoms with E-state index in [-0.39, 0.29) is 31.1 Å². The van der Waals surface area contributed by atoms with E-state index in [1.165, 1.54) is 270 Å². The molecule has 1 atom stereocenters. The monoisotopic (exact) mass is 1140 g/mol. The lowest BCUT2D eigenvalue weighted by Crippen LogP contribution is -2.30. The molecule has 0 aliphatic rings. The summed E-state index contributed by atoms with van der Waals surface area (Å²) in [5, 5.41) is 0. The lowest BCUT2D eigenvalue weighted by atomic mass is 10.0. The summed E-state index contributed by atoms with van der Waals surface area (Å²) in [6.07, 6.45) is 88.7. The Hall–Kier alpha value is -2.63. The molecule has 0 N–H and O–H groups in total. The van der Waals surface area contributed by atoms with E-state index in [0.717, 1.165) is 83.5 Å². The molecule has 0 radical (unpaired) electrons. The third-order valence-electron chi connectivity index (χ3n) is 16.3. The Bertz CT molecular complexity index is 1400. The normalized spacial score (nSPS) is 12.3. The highest BCUT2D eigenvalue weighted by Gasteiger charge is 2.19. The molecule has 0 saturated carbocycles. The van der Waals surface area contributed by atoms with Crippen LogP contribution in [-0.2, 0) is 28.6 Å². The van der Waals surface area contributed by atoms with Gasteiger partial charge in [0.15, 0.2) is 6.10 Å². The zero-order valence-corrected chi connectivity index (χ0v) is 54.6. The van der Waals surface area contributed by atoms with Crippen LogP contribution in [0.3, 0.4) is 0 Å². The fraction of sp³-hybridized carbons (Fsp3) is 0.853. The second-order valence-electron chi connectivity index (χ2n) is 24.5. The molecular weight excluding hydrogens is 997 g/mol. The fourth-order valence-corrected chi connectivity index (χ4v) is 11.0. The first-order valence-electron chi connectivity index (χ1n) is 36.1. The Morgan fingerprint density at radius 3 is 0.753 bits per heavy atom. The van der Waals surface area contributed by atoms with Crippen LogP contribution in [0.5, 0.6) is 0 Å². The number of allylic oxidation sites excluding steroid dienone is 8. The Balaban J connectivity index is 4.18. The average molecular weight is 1140 g/mol. The Kier molecular flexibility index (Phi) is 67.6. The first kappa shape index (κ1) is 78.4. The molecule has 0 amide bonds. The zero-order valence-electron chi connectivity index (χ0n) is 54.6. The number of carbonyl (C=O) groups excluding carboxylic acids is 3. The number of esters is 3. The van der Waals surface area contributed by atoms with Crippen molar-refractivity contribution in [2.75, 3.05) is 13.2 Å². The van der Waals surface area contributed by atoms with Crippen molar-refractivity contribution in [3.05, 3.63) is 48.6 Å². The first-order chi connectivity index (χ1) is 40.0. The van der Waals surface area contributed by atoms with Crippen LogP contribution >= 0.6 is 0 Å². The van der Waals surface area contributed by atoms with Gasteiger partial charge in [-0.3, -0.25) is 14.4 Å². The lowest BCUT2D eigenvalue weighted by Gasteiger charge is -2.18. The van der Waals surface area contributed by atoms with Crippen LogP contribution in [0.15, 0.2) is 48.6 Å². The van der Waals surface area contributed by atoms with Gasteiger partial charge in [-0.05, 0) is 57.8 Å². The van der Waals surface area contributed by atoms with Gasteiger partial charge in [-0.2, -0.15) is 0 Å². The van der Waals surface area contributed by atoms with E-state index < -0.39 is 6.10 Å². The van der Waals surface area contributed by atoms with Gasteiger partial charge in [-0.25, -0.2) is 0 Å². The molecule has 0 aromatic heterocycles. The van der Waals surface area contributed by atoms with Gasteiger partial charge in [0.05, 0.1) is 0 Å². The van der Waals surface area contributed by atoms with Crippen molar-refractivity contribution in [1.82, 2.24) is 0 Å². The van der Waals surface area contributed by atoms with Crippen molar-refractivity contribution >= 4 is 17.9 Å². The van der Waals surface area contributed by atoms with Crippen molar-refractivity contribution in [2.24, 2.45) is 0 Å². The van der Waals surface area contributed by atoms with Gasteiger partial charge in [0, 0.05) is 19.3 Å². The van der Waals surface area contributed by atoms with Gasteiger partial charge in [0.25, 0.3) is 0 Å². The quantitative estimate of drug-likeness (QED) is 0.0261. The molecule has 474 valence electrons. The van der Waals surface area contributed by atoms with Gasteiger partial charge in [0.2, 0.25) is 0 Å². The summed E-state index contributed by atoms with van der Waals surface area (Å²) in [6.45, 7) is 6.59. The smallest absolute Gasteiger partial charge is 0.306 e. The van der Waals surface area contributed by atoms with E-state index in [9.17, 15) is 14.4 Å². The van der Waals surface area contributed by atoms with E-state index in [0.29, 0.717) is 19.3 Å². The van der Waals surface area contributed by atoms with Crippen molar-refractivity contribution < 1.29 is 28.6 Å². The summed E-state index contributed by atoms with van der Waals surface area (Å²) in [4.78, 5) is 38.4. The van der Waals surface area contributed by atoms with Crippen LogP contribution < -0.4 is 0 Å². The molecule has 1 unspecified atom stereocenters. The minimum Gasteiger partial charge on any atom is -0.462 e. The van der Waals surface area contributed by atoms with E-state index in [1.54, 1.807) is 0 Å². The Morgan fingerprint density at radius 1 is 0.259 bits per heavy atom. The molecule has 0 rings (SSSR count). The van der Waals surface area contributed by atoms with Crippen LogP contribution in [0.1, 0.15) is 393 Å². The summed E-state index contributed by atoms with van der Waals surface area (Å²) in [5.74, 6) is -0.846. The molecule has 0 aliphatic carbocycles. The standard InChI is InChI=1S/C75H138O6/c1-4-7-10-13-16-19-22-25-27-29-31-33-35-36-37-38-39-41-42-44-46-48-50-53-56-59-62-65-68-74(77)80-71-72(70-79-73(76)67-64-61-58-55-52-24-21-18-15-12-9-6-3)81-75(78)69-66-63-60-57-54-51-49-47-45-43-40-34-32-30-28-26-23-20-17-14-11-8-5-2/h8,11,17,20,26,28,32,34,72H,4-7,9-10,12-16,18-19,21-25,27,29-31,33,35-71H2,1-3H3/b11-8-,20-17-,28-26-,34-32-. The second kappa shape index (κ2) is 69.9. The summed E-state index contributed by atoms with van der Waals surface area (Å²) < 4.78 is 17.0. The maximum atomic E-state index is 12.9. The average Bonchev–Trinajstić information content (AvgIpc) is 3.47. The van der Waals surface area contributed by atoms with E-state index in [2.05, 4.69) is 69.4 Å². The van der Waals surface area contributed by atoms with Crippen molar-refractivity contribution in [3.8, 4) is 0 Å². The van der Waals surface area contributed by atoms with Crippen LogP contribution in [0.25, 0.3) is 0 Å². The third-order valence-corrected chi connectivity index (χ3v) is 16.3. The number of rotatable bonds is 67. The molecule has 0 aromatic rings. The maximum absolute atomic E-state index is 12.9. The van der Waals surface area contributed by atoms with Gasteiger partial charge >= 0.3 is 17.9 Å². The largest absolute Gasteiger partial charge is 0.462 e. The summed E-state index contributed by atoms with van der Waals surface area (Å²) >= 11 is 0. The summed E-state index contributed by atoms with van der Waals surface area (Å²) in [5.41, 5.74) is 0. The molecule has 6 heteroatoms. The third kappa shape index (κ3) is 68.0. The molecule has 0 aliphatic heterocycles. The van der Waals surface area contributed by atoms with E-state index in [1.807, 2.05) is 0 Å². The number of hydrogen-bond donors (Lipinski definition) is 0. The zero-order chi connectivity index (χ0) is 58.5. The van der Waals surface area contributed by atoms with Gasteiger partial charge in [-0.1, -0.05) is 365 Å². The fourth-order valence-electron chi connectivity index (χ4n) is 11.0. The van der Waals surface area contributed by atoms with Crippen LogP contribution in [0.4, 0.5) is 0 Å². The molecule has 0 aromatic carbocycles. The Morgan fingerprint density at radius 2 is 0.481 bits per heavy atom. The highest BCUT2D eigenvalue weighted by atomic mass is 16.6. The van der Waals surface area contributed by atoms with Gasteiger partial charge < -0.3 is 14.2 Å². The number of hydrogen-bond acceptors (Lipinski definition) is 6. The molecule has 0 bridgehead atoms. The number of carbonyl (C=O) groups is 3. The minimum absolute atomic E-state index is 0.0690. The van der Waals surface area contributed by atoms with Crippen LogP contribution in [0, 0.1) is 0 Å². The minimum atomic E-state index is -0.773. The summed E-state index contributed by atoms with van der Waals surface area (Å²) in [7, 11) is 0. The molecule has 6 nitrogen and oxygen atoms in total. The van der Waals surface area contributed by atoms with Gasteiger partial charge in [-0.15, -0.1) is 0 Å². The van der Waals surface area contributed by atoms with Crippen LogP contribution in [-0.4, -0.2) is 37.2 Å². The highest BCUT2D eigenvalue weighted by molar-refractivity contribution is 5.71. The highest BCUT2D eigenvalue weighted by Crippen LogP contribution is 2.19. The molecule has 0 spiro atoms. The predicted octanol–water partition coefficient (Wildman–Crippen LogP) is 24.9. The van der Waals surface area contributed by atoms with Crippen molar-refractivity contribution in [3.63, 3.8) is 0 Å². The van der Waals surface area contributed by atoms with Gasteiger partial charge in [0.1, 0.15) is 13.2 Å². The van der Waals surface area contributed by atoms with Crippen molar-refractivity contribution in [1.29, 1.82) is 0 Å². The SMILES string of the molecule is CC/C=C\C/C=C\C/C=C\C/C=C\CCCCCCCCCCCCC(=O)OC(COC(=O)CCCCCCCCCCCCCC)COC(=O)CCCCCCCCCCCCCCCCCCCCCCCCCCCCCC. The first-order valence-corrected chi connectivity index (χ1v) is 36.1. The number of ether oxygens (including phenoxy) is 3. The maximum Gasteiger partial charge on any atom is 0.306 e. The number of unbranched alkanes of at least 4 members (excludes halogenated alkanes) is 48. The van der Waals surface area contributed by atoms with E-state index in [4.69, 9.17) is 14.2 Å². The summed E-state index contributed by atoms with van der Waals surface area (Å²) in [6, 6.07) is 0. The molecule has 0 heterocycles. The molecule has 0 saturated heterocycles. The second-order valence-corrected chi connectivity index (χ2v) is 24.5.